The van der Waals surface area contributed by atoms with Crippen LogP contribution in [0.4, 0.5) is 0 Å². The van der Waals surface area contributed by atoms with Crippen molar-refractivity contribution in [1.82, 2.24) is 0 Å². The molecule has 0 saturated heterocycles. The van der Waals surface area contributed by atoms with Crippen LogP contribution in [-0.4, -0.2) is 0 Å². The molecule has 1 unspecified atom stereocenters. The van der Waals surface area contributed by atoms with Crippen LogP contribution < -0.4 is 0 Å². The SMILES string of the molecule is C=CC(CC)CCC.CCCCCCCCCC. The summed E-state index contributed by atoms with van der Waals surface area (Å²) in [6, 6.07) is 0. The van der Waals surface area contributed by atoms with E-state index in [-0.39, 0.29) is 0 Å². The van der Waals surface area contributed by atoms with Crippen LogP contribution in [0.2, 0.25) is 0 Å². The lowest BCUT2D eigenvalue weighted by Crippen LogP contribution is -1.90. The Balaban J connectivity index is 0. The standard InChI is InChI=1S/C10H22.C8H16/c1-3-5-7-9-10-8-6-4-2;1-4-7-8(5-2)6-3/h3-10H2,1-2H3;5,8H,2,4,6-7H2,1,3H3. The second kappa shape index (κ2) is 19.1. The van der Waals surface area contributed by atoms with E-state index in [1.165, 1.54) is 70.6 Å². The normalized spacial score (nSPS) is 11.6. The van der Waals surface area contributed by atoms with Crippen molar-refractivity contribution in [2.24, 2.45) is 5.92 Å². The highest BCUT2D eigenvalue weighted by atomic mass is 14.0. The summed E-state index contributed by atoms with van der Waals surface area (Å²) in [5.41, 5.74) is 0. The molecule has 18 heavy (non-hydrogen) atoms. The Morgan fingerprint density at radius 1 is 0.722 bits per heavy atom. The van der Waals surface area contributed by atoms with Crippen LogP contribution in [0, 0.1) is 5.92 Å². The monoisotopic (exact) mass is 254 g/mol. The highest BCUT2D eigenvalue weighted by molar-refractivity contribution is 4.76. The lowest BCUT2D eigenvalue weighted by molar-refractivity contribution is 0.564. The van der Waals surface area contributed by atoms with E-state index in [1.54, 1.807) is 0 Å². The topological polar surface area (TPSA) is 0 Å². The number of hydrogen-bond acceptors (Lipinski definition) is 0. The van der Waals surface area contributed by atoms with Crippen LogP contribution in [-0.2, 0) is 0 Å². The van der Waals surface area contributed by atoms with Crippen LogP contribution in [0.5, 0.6) is 0 Å². The summed E-state index contributed by atoms with van der Waals surface area (Å²) in [6.45, 7) is 12.7. The van der Waals surface area contributed by atoms with Crippen LogP contribution in [0.3, 0.4) is 0 Å². The number of rotatable bonds is 11. The fourth-order valence-electron chi connectivity index (χ4n) is 2.07. The fraction of sp³-hybridized carbons (Fsp3) is 0.889. The zero-order valence-corrected chi connectivity index (χ0v) is 13.6. The zero-order chi connectivity index (χ0) is 14.1. The lowest BCUT2D eigenvalue weighted by Gasteiger charge is -2.04. The molecule has 0 heterocycles. The molecule has 0 heteroatoms. The molecule has 0 spiro atoms. The molecule has 0 aromatic carbocycles. The molecule has 0 aliphatic rings. The summed E-state index contributed by atoms with van der Waals surface area (Å²) < 4.78 is 0. The first-order valence-electron chi connectivity index (χ1n) is 8.39. The molecule has 0 saturated carbocycles. The molecular formula is C18H38. The summed E-state index contributed by atoms with van der Waals surface area (Å²) in [4.78, 5) is 0. The molecule has 0 aromatic heterocycles. The van der Waals surface area contributed by atoms with E-state index in [9.17, 15) is 0 Å². The summed E-state index contributed by atoms with van der Waals surface area (Å²) >= 11 is 0. The van der Waals surface area contributed by atoms with Crippen LogP contribution in [0.15, 0.2) is 12.7 Å². The van der Waals surface area contributed by atoms with E-state index in [2.05, 4.69) is 40.3 Å². The van der Waals surface area contributed by atoms with Gasteiger partial charge in [-0.25, -0.2) is 0 Å². The third-order valence-corrected chi connectivity index (χ3v) is 3.47. The molecule has 0 rings (SSSR count). The van der Waals surface area contributed by atoms with Crippen molar-refractivity contribution in [2.45, 2.75) is 98.3 Å². The summed E-state index contributed by atoms with van der Waals surface area (Å²) in [5.74, 6) is 0.764. The Bertz CT molecular complexity index is 129. The molecule has 0 aromatic rings. The van der Waals surface area contributed by atoms with Crippen molar-refractivity contribution in [3.63, 3.8) is 0 Å². The maximum absolute atomic E-state index is 3.75. The van der Waals surface area contributed by atoms with Crippen molar-refractivity contribution in [3.05, 3.63) is 12.7 Å². The highest BCUT2D eigenvalue weighted by Gasteiger charge is 1.95. The summed E-state index contributed by atoms with van der Waals surface area (Å²) in [5, 5.41) is 0. The Labute approximate surface area is 117 Å². The van der Waals surface area contributed by atoms with Gasteiger partial charge >= 0.3 is 0 Å². The Kier molecular flexibility index (Phi) is 21.3. The van der Waals surface area contributed by atoms with Gasteiger partial charge in [-0.2, -0.15) is 0 Å². The molecule has 0 radical (unpaired) electrons. The van der Waals surface area contributed by atoms with Gasteiger partial charge in [0, 0.05) is 0 Å². The molecule has 0 bridgehead atoms. The molecule has 0 fully saturated rings. The minimum Gasteiger partial charge on any atom is -0.103 e. The van der Waals surface area contributed by atoms with E-state index >= 15 is 0 Å². The molecule has 0 aliphatic carbocycles. The van der Waals surface area contributed by atoms with Gasteiger partial charge in [0.15, 0.2) is 0 Å². The van der Waals surface area contributed by atoms with Gasteiger partial charge in [0.25, 0.3) is 0 Å². The minimum atomic E-state index is 0.764. The van der Waals surface area contributed by atoms with Gasteiger partial charge < -0.3 is 0 Å². The number of hydrogen-bond donors (Lipinski definition) is 0. The molecule has 110 valence electrons. The second-order valence-electron chi connectivity index (χ2n) is 5.31. The van der Waals surface area contributed by atoms with E-state index in [1.807, 2.05) is 0 Å². The predicted octanol–water partition coefficient (Wildman–Crippen LogP) is 7.15. The number of allylic oxidation sites excluding steroid dienone is 1. The largest absolute Gasteiger partial charge is 0.103 e. The third kappa shape index (κ3) is 18.1. The van der Waals surface area contributed by atoms with Crippen molar-refractivity contribution >= 4 is 0 Å². The van der Waals surface area contributed by atoms with Crippen LogP contribution in [0.1, 0.15) is 98.3 Å². The van der Waals surface area contributed by atoms with Crippen LogP contribution >= 0.6 is 0 Å². The Hall–Kier alpha value is -0.260. The molecule has 0 N–H and O–H groups in total. The van der Waals surface area contributed by atoms with Gasteiger partial charge in [-0.15, -0.1) is 6.58 Å². The van der Waals surface area contributed by atoms with Gasteiger partial charge in [-0.3, -0.25) is 0 Å². The summed E-state index contributed by atoms with van der Waals surface area (Å²) in [6.07, 6.45) is 17.4. The van der Waals surface area contributed by atoms with Crippen molar-refractivity contribution in [3.8, 4) is 0 Å². The minimum absolute atomic E-state index is 0.764. The predicted molar refractivity (Wildman–Crippen MR) is 87.2 cm³/mol. The lowest BCUT2D eigenvalue weighted by atomic mass is 10.0. The Morgan fingerprint density at radius 3 is 1.39 bits per heavy atom. The number of unbranched alkanes of at least 4 members (excludes halogenated alkanes) is 7. The van der Waals surface area contributed by atoms with Crippen molar-refractivity contribution < 1.29 is 0 Å². The van der Waals surface area contributed by atoms with Gasteiger partial charge in [-0.1, -0.05) is 91.6 Å². The molecule has 0 aliphatic heterocycles. The fourth-order valence-corrected chi connectivity index (χ4v) is 2.07. The molecule has 0 amide bonds. The zero-order valence-electron chi connectivity index (χ0n) is 13.6. The van der Waals surface area contributed by atoms with Gasteiger partial charge in [-0.05, 0) is 18.8 Å². The van der Waals surface area contributed by atoms with E-state index in [4.69, 9.17) is 0 Å². The Morgan fingerprint density at radius 2 is 1.17 bits per heavy atom. The first-order valence-corrected chi connectivity index (χ1v) is 8.39. The average Bonchev–Trinajstić information content (AvgIpc) is 2.41. The molecular weight excluding hydrogens is 216 g/mol. The molecule has 0 nitrogen and oxygen atoms in total. The van der Waals surface area contributed by atoms with Gasteiger partial charge in [0.1, 0.15) is 0 Å². The molecule has 1 atom stereocenters. The highest BCUT2D eigenvalue weighted by Crippen LogP contribution is 2.10. The maximum Gasteiger partial charge on any atom is -0.0239 e. The van der Waals surface area contributed by atoms with Gasteiger partial charge in [0.2, 0.25) is 0 Å². The first kappa shape index (κ1) is 20.1. The third-order valence-electron chi connectivity index (χ3n) is 3.47. The smallest absolute Gasteiger partial charge is 0.0239 e. The maximum atomic E-state index is 3.75. The van der Waals surface area contributed by atoms with Crippen molar-refractivity contribution in [1.29, 1.82) is 0 Å². The van der Waals surface area contributed by atoms with E-state index in [0.29, 0.717) is 0 Å². The van der Waals surface area contributed by atoms with Crippen LogP contribution in [0.25, 0.3) is 0 Å². The van der Waals surface area contributed by atoms with E-state index < -0.39 is 0 Å². The average molecular weight is 255 g/mol. The second-order valence-corrected chi connectivity index (χ2v) is 5.31. The summed E-state index contributed by atoms with van der Waals surface area (Å²) in [7, 11) is 0. The quantitative estimate of drug-likeness (QED) is 0.271. The van der Waals surface area contributed by atoms with E-state index in [0.717, 1.165) is 5.92 Å². The van der Waals surface area contributed by atoms with Crippen molar-refractivity contribution in [2.75, 3.05) is 0 Å². The first-order chi connectivity index (χ1) is 8.76. The van der Waals surface area contributed by atoms with Gasteiger partial charge in [0.05, 0.1) is 0 Å².